The number of nitrogens with two attached hydrogens (primary N) is 1. The van der Waals surface area contributed by atoms with Crippen molar-refractivity contribution >= 4 is 11.5 Å². The van der Waals surface area contributed by atoms with Crippen molar-refractivity contribution in [2.75, 3.05) is 45.3 Å². The monoisotopic (exact) mass is 438 g/mol. The first-order valence-corrected chi connectivity index (χ1v) is 10.5. The average molecular weight is 438 g/mol. The van der Waals surface area contributed by atoms with Crippen molar-refractivity contribution < 1.29 is 22.6 Å². The van der Waals surface area contributed by atoms with E-state index < -0.39 is 18.0 Å². The third-order valence-corrected chi connectivity index (χ3v) is 6.25. The molecule has 31 heavy (non-hydrogen) atoms. The Morgan fingerprint density at radius 2 is 1.81 bits per heavy atom. The summed E-state index contributed by atoms with van der Waals surface area (Å²) in [6.45, 7) is 3.65. The fourth-order valence-corrected chi connectivity index (χ4v) is 4.75. The van der Waals surface area contributed by atoms with Gasteiger partial charge in [0.25, 0.3) is 0 Å². The molecule has 5 heterocycles. The number of aliphatic imine (C=N–C) groups is 1. The van der Waals surface area contributed by atoms with Crippen LogP contribution in [0.3, 0.4) is 0 Å². The largest absolute Gasteiger partial charge is 0.417 e. The van der Waals surface area contributed by atoms with E-state index in [2.05, 4.69) is 20.1 Å². The van der Waals surface area contributed by atoms with E-state index in [1.165, 1.54) is 6.20 Å². The Balaban J connectivity index is 1.56. The van der Waals surface area contributed by atoms with Gasteiger partial charge in [0, 0.05) is 43.0 Å². The van der Waals surface area contributed by atoms with E-state index in [-0.39, 0.29) is 29.2 Å². The summed E-state index contributed by atoms with van der Waals surface area (Å²) in [6.07, 6.45) is -0.228. The number of pyridine rings is 1. The van der Waals surface area contributed by atoms with Crippen molar-refractivity contribution in [2.45, 2.75) is 37.4 Å². The van der Waals surface area contributed by atoms with Gasteiger partial charge in [-0.15, -0.1) is 0 Å². The molecule has 0 aliphatic carbocycles. The minimum atomic E-state index is -4.57. The van der Waals surface area contributed by atoms with Crippen molar-refractivity contribution in [2.24, 2.45) is 4.99 Å². The first-order valence-electron chi connectivity index (χ1n) is 10.5. The molecule has 4 aliphatic heterocycles. The maximum atomic E-state index is 13.8. The molecule has 3 atom stereocenters. The number of fused-ring (bicyclic) bond motifs is 2. The van der Waals surface area contributed by atoms with Crippen LogP contribution in [0.5, 0.6) is 0 Å². The zero-order valence-corrected chi connectivity index (χ0v) is 16.9. The number of rotatable bonds is 3. The highest BCUT2D eigenvalue weighted by Gasteiger charge is 2.43. The first-order chi connectivity index (χ1) is 14.9. The van der Waals surface area contributed by atoms with Crippen molar-refractivity contribution in [3.63, 3.8) is 0 Å². The zero-order chi connectivity index (χ0) is 21.6. The molecule has 1 aromatic heterocycles. The molecule has 168 valence electrons. The fourth-order valence-electron chi connectivity index (χ4n) is 4.75. The van der Waals surface area contributed by atoms with Gasteiger partial charge in [-0.2, -0.15) is 13.2 Å². The van der Waals surface area contributed by atoms with Crippen LogP contribution in [0.25, 0.3) is 0 Å². The topological polar surface area (TPSA) is 88.2 Å². The second-order valence-electron chi connectivity index (χ2n) is 8.18. The Hall–Kier alpha value is -2.37. The van der Waals surface area contributed by atoms with Crippen LogP contribution in [0.2, 0.25) is 0 Å². The Bertz CT molecular complexity index is 883. The number of aromatic nitrogens is 1. The van der Waals surface area contributed by atoms with Gasteiger partial charge in [-0.3, -0.25) is 4.90 Å². The molecule has 0 spiro atoms. The number of anilines is 1. The summed E-state index contributed by atoms with van der Waals surface area (Å²) < 4.78 is 52.5. The highest BCUT2D eigenvalue weighted by Crippen LogP contribution is 2.35. The number of nitrogens with zero attached hydrogens (tertiary/aromatic N) is 4. The summed E-state index contributed by atoms with van der Waals surface area (Å²) in [5, 5.41) is 3.45. The molecule has 4 aliphatic rings. The first kappa shape index (κ1) is 20.5. The number of hydrogen-bond acceptors (Lipinski definition) is 8. The van der Waals surface area contributed by atoms with Crippen LogP contribution in [-0.2, 0) is 15.7 Å². The standard InChI is InChI=1S/C20H25F3N6O2/c21-20(22,23)15-7-17(24)25-9-14(15)16-8-18(28-3-5-30-6-4-28)27-19(26-16)29-12-1-2-13(29)11-31-10-12/h7-9,12-13,19,27H,1-6,10-11H2,(H2,24,25). The van der Waals surface area contributed by atoms with Gasteiger partial charge in [0.2, 0.25) is 0 Å². The average Bonchev–Trinajstić information content (AvgIpc) is 3.02. The fraction of sp³-hybridized carbons (Fsp3) is 0.600. The van der Waals surface area contributed by atoms with E-state index in [0.717, 1.165) is 24.7 Å². The third-order valence-electron chi connectivity index (χ3n) is 6.25. The number of hydrogen-bond donors (Lipinski definition) is 2. The van der Waals surface area contributed by atoms with Gasteiger partial charge in [0.1, 0.15) is 11.6 Å². The maximum absolute atomic E-state index is 13.8. The molecule has 0 aromatic carbocycles. The normalized spacial score (nSPS) is 29.4. The predicted octanol–water partition coefficient (Wildman–Crippen LogP) is 1.40. The SMILES string of the molecule is Nc1cc(C(F)(F)F)c(C2=NC(N3C4CCC3COC4)NC(N3CCOCC3)=C2)cn1. The number of allylic oxidation sites excluding steroid dienone is 1. The van der Waals surface area contributed by atoms with Gasteiger partial charge < -0.3 is 25.4 Å². The minimum Gasteiger partial charge on any atom is -0.384 e. The lowest BCUT2D eigenvalue weighted by Gasteiger charge is -2.43. The van der Waals surface area contributed by atoms with Gasteiger partial charge in [-0.25, -0.2) is 9.98 Å². The number of ether oxygens (including phenoxy) is 2. The van der Waals surface area contributed by atoms with Crippen LogP contribution < -0.4 is 11.1 Å². The molecule has 1 aromatic rings. The van der Waals surface area contributed by atoms with Gasteiger partial charge >= 0.3 is 6.18 Å². The Morgan fingerprint density at radius 3 is 2.48 bits per heavy atom. The van der Waals surface area contributed by atoms with Crippen molar-refractivity contribution in [1.29, 1.82) is 0 Å². The Labute approximate surface area is 177 Å². The predicted molar refractivity (Wildman–Crippen MR) is 107 cm³/mol. The lowest BCUT2D eigenvalue weighted by molar-refractivity contribution is -0.137. The molecule has 0 saturated carbocycles. The molecule has 3 N–H and O–H groups in total. The van der Waals surface area contributed by atoms with Crippen molar-refractivity contribution in [3.05, 3.63) is 35.3 Å². The number of nitrogen functional groups attached to an aromatic ring is 1. The highest BCUT2D eigenvalue weighted by molar-refractivity contribution is 6.10. The Kier molecular flexibility index (Phi) is 5.27. The molecule has 3 fully saturated rings. The van der Waals surface area contributed by atoms with E-state index in [1.54, 1.807) is 6.08 Å². The third kappa shape index (κ3) is 3.97. The zero-order valence-electron chi connectivity index (χ0n) is 16.9. The number of nitrogens with one attached hydrogen (secondary N) is 1. The molecule has 3 unspecified atom stereocenters. The molecule has 2 bridgehead atoms. The van der Waals surface area contributed by atoms with Crippen molar-refractivity contribution in [1.82, 2.24) is 20.1 Å². The Morgan fingerprint density at radius 1 is 1.10 bits per heavy atom. The lowest BCUT2D eigenvalue weighted by Crippen LogP contribution is -2.58. The van der Waals surface area contributed by atoms with Gasteiger partial charge in [-0.05, 0) is 18.9 Å². The smallest absolute Gasteiger partial charge is 0.384 e. The molecule has 5 rings (SSSR count). The summed E-state index contributed by atoms with van der Waals surface area (Å²) in [4.78, 5) is 13.0. The summed E-state index contributed by atoms with van der Waals surface area (Å²) >= 11 is 0. The van der Waals surface area contributed by atoms with Gasteiger partial charge in [0.05, 0.1) is 37.7 Å². The molecule has 0 radical (unpaired) electrons. The maximum Gasteiger partial charge on any atom is 0.417 e. The van der Waals surface area contributed by atoms with Crippen LogP contribution in [0.4, 0.5) is 19.0 Å². The van der Waals surface area contributed by atoms with Crippen LogP contribution in [0.15, 0.2) is 29.2 Å². The van der Waals surface area contributed by atoms with E-state index in [0.29, 0.717) is 39.5 Å². The minimum absolute atomic E-state index is 0.0698. The van der Waals surface area contributed by atoms with Crippen LogP contribution in [0, 0.1) is 0 Å². The highest BCUT2D eigenvalue weighted by atomic mass is 19.4. The summed E-state index contributed by atoms with van der Waals surface area (Å²) in [7, 11) is 0. The number of morpholine rings is 2. The van der Waals surface area contributed by atoms with Gasteiger partial charge in [0.15, 0.2) is 6.29 Å². The molecular weight excluding hydrogens is 413 g/mol. The quantitative estimate of drug-likeness (QED) is 0.738. The molecular formula is C20H25F3N6O2. The van der Waals surface area contributed by atoms with Crippen LogP contribution in [-0.4, -0.2) is 78.4 Å². The summed E-state index contributed by atoms with van der Waals surface area (Å²) in [5.74, 6) is 0.569. The van der Waals surface area contributed by atoms with Crippen LogP contribution >= 0.6 is 0 Å². The number of halogens is 3. The molecule has 11 heteroatoms. The molecule has 0 amide bonds. The van der Waals surface area contributed by atoms with E-state index >= 15 is 0 Å². The van der Waals surface area contributed by atoms with E-state index in [1.807, 2.05) is 0 Å². The van der Waals surface area contributed by atoms with Gasteiger partial charge in [-0.1, -0.05) is 0 Å². The number of alkyl halides is 3. The second-order valence-corrected chi connectivity index (χ2v) is 8.18. The van der Waals surface area contributed by atoms with E-state index in [4.69, 9.17) is 20.2 Å². The lowest BCUT2D eigenvalue weighted by atomic mass is 10.0. The molecule has 3 saturated heterocycles. The van der Waals surface area contributed by atoms with E-state index in [9.17, 15) is 13.2 Å². The summed E-state index contributed by atoms with van der Waals surface area (Å²) in [6, 6.07) is 1.25. The van der Waals surface area contributed by atoms with Crippen LogP contribution in [0.1, 0.15) is 24.0 Å². The second kappa shape index (κ2) is 7.95. The van der Waals surface area contributed by atoms with Crippen molar-refractivity contribution in [3.8, 4) is 0 Å². The molecule has 8 nitrogen and oxygen atoms in total. The summed E-state index contributed by atoms with van der Waals surface area (Å²) in [5.41, 5.74) is 4.91.